The molecule has 0 aliphatic carbocycles. The van der Waals surface area contributed by atoms with E-state index in [4.69, 9.17) is 19.9 Å². The Hall–Kier alpha value is -2.36. The van der Waals surface area contributed by atoms with Crippen molar-refractivity contribution in [1.82, 2.24) is 0 Å². The summed E-state index contributed by atoms with van der Waals surface area (Å²) < 4.78 is 15.9. The van der Waals surface area contributed by atoms with E-state index in [1.165, 1.54) is 0 Å². The average molecular weight is 259 g/mol. The molecule has 0 amide bonds. The second-order valence-corrected chi connectivity index (χ2v) is 4.03. The zero-order valence-electron chi connectivity index (χ0n) is 11.1. The van der Waals surface area contributed by atoms with Crippen molar-refractivity contribution in [3.8, 4) is 17.2 Å². The summed E-state index contributed by atoms with van der Waals surface area (Å²) in [6.45, 7) is 0.419. The number of hydrogen-bond donors (Lipinski definition) is 1. The lowest BCUT2D eigenvalue weighted by Gasteiger charge is -2.10. The highest BCUT2D eigenvalue weighted by Gasteiger charge is 2.02. The van der Waals surface area contributed by atoms with Crippen molar-refractivity contribution in [2.75, 3.05) is 20.0 Å². The molecule has 2 rings (SSSR count). The van der Waals surface area contributed by atoms with Crippen molar-refractivity contribution in [2.24, 2.45) is 0 Å². The molecule has 0 aliphatic heterocycles. The van der Waals surface area contributed by atoms with Crippen LogP contribution in [-0.2, 0) is 6.61 Å². The number of methoxy groups -OCH3 is 2. The molecule has 0 fully saturated rings. The predicted octanol–water partition coefficient (Wildman–Crippen LogP) is 2.87. The molecule has 0 saturated heterocycles. The lowest BCUT2D eigenvalue weighted by molar-refractivity contribution is 0.306. The van der Waals surface area contributed by atoms with E-state index in [0.717, 1.165) is 22.8 Å². The maximum absolute atomic E-state index is 5.93. The van der Waals surface area contributed by atoms with E-state index in [2.05, 4.69) is 0 Å². The van der Waals surface area contributed by atoms with Crippen LogP contribution in [0.5, 0.6) is 17.2 Å². The van der Waals surface area contributed by atoms with Gasteiger partial charge in [-0.05, 0) is 36.4 Å². The van der Waals surface area contributed by atoms with Crippen LogP contribution < -0.4 is 19.9 Å². The summed E-state index contributed by atoms with van der Waals surface area (Å²) in [5.41, 5.74) is 7.51. The molecule has 0 heterocycles. The van der Waals surface area contributed by atoms with Gasteiger partial charge in [0.25, 0.3) is 0 Å². The van der Waals surface area contributed by atoms with Crippen LogP contribution in [0.15, 0.2) is 42.5 Å². The fourth-order valence-electron chi connectivity index (χ4n) is 1.66. The fourth-order valence-corrected chi connectivity index (χ4v) is 1.66. The van der Waals surface area contributed by atoms with Gasteiger partial charge in [0.1, 0.15) is 23.9 Å². The highest BCUT2D eigenvalue weighted by Crippen LogP contribution is 2.22. The Kier molecular flexibility index (Phi) is 4.13. The number of anilines is 1. The van der Waals surface area contributed by atoms with E-state index >= 15 is 0 Å². The molecule has 0 aliphatic rings. The molecule has 0 spiro atoms. The van der Waals surface area contributed by atoms with Gasteiger partial charge in [0.15, 0.2) is 0 Å². The van der Waals surface area contributed by atoms with Crippen LogP contribution in [0.25, 0.3) is 0 Å². The highest BCUT2D eigenvalue weighted by molar-refractivity contribution is 5.51. The number of ether oxygens (including phenoxy) is 3. The monoisotopic (exact) mass is 259 g/mol. The SMILES string of the molecule is COc1ccc(OCc2ccc(OC)cc2N)cc1. The van der Waals surface area contributed by atoms with Crippen molar-refractivity contribution < 1.29 is 14.2 Å². The van der Waals surface area contributed by atoms with Gasteiger partial charge in [-0.3, -0.25) is 0 Å². The quantitative estimate of drug-likeness (QED) is 0.839. The molecule has 0 unspecified atom stereocenters. The molecule has 100 valence electrons. The number of nitrogen functional groups attached to an aromatic ring is 1. The molecule has 2 aromatic rings. The minimum absolute atomic E-state index is 0.419. The first-order chi connectivity index (χ1) is 9.22. The van der Waals surface area contributed by atoms with E-state index in [0.29, 0.717) is 12.3 Å². The topological polar surface area (TPSA) is 53.7 Å². The van der Waals surface area contributed by atoms with E-state index in [-0.39, 0.29) is 0 Å². The van der Waals surface area contributed by atoms with Crippen molar-refractivity contribution in [3.05, 3.63) is 48.0 Å². The molecule has 2 aromatic carbocycles. The zero-order chi connectivity index (χ0) is 13.7. The van der Waals surface area contributed by atoms with Gasteiger partial charge < -0.3 is 19.9 Å². The lowest BCUT2D eigenvalue weighted by Crippen LogP contribution is -2.00. The standard InChI is InChI=1S/C15H17NO3/c1-17-12-5-7-13(8-6-12)19-10-11-3-4-14(18-2)9-15(11)16/h3-9H,10,16H2,1-2H3. The maximum Gasteiger partial charge on any atom is 0.120 e. The molecule has 0 atom stereocenters. The normalized spacial score (nSPS) is 10.0. The Morgan fingerprint density at radius 2 is 1.42 bits per heavy atom. The van der Waals surface area contributed by atoms with Crippen LogP contribution in [0.1, 0.15) is 5.56 Å². The zero-order valence-corrected chi connectivity index (χ0v) is 11.1. The van der Waals surface area contributed by atoms with Gasteiger partial charge in [0.05, 0.1) is 14.2 Å². The van der Waals surface area contributed by atoms with E-state index in [9.17, 15) is 0 Å². The third-order valence-corrected chi connectivity index (χ3v) is 2.81. The first-order valence-electron chi connectivity index (χ1n) is 5.92. The fraction of sp³-hybridized carbons (Fsp3) is 0.200. The summed E-state index contributed by atoms with van der Waals surface area (Å²) in [6, 6.07) is 13.0. The minimum atomic E-state index is 0.419. The summed E-state index contributed by atoms with van der Waals surface area (Å²) >= 11 is 0. The predicted molar refractivity (Wildman–Crippen MR) is 74.7 cm³/mol. The first-order valence-corrected chi connectivity index (χ1v) is 5.92. The van der Waals surface area contributed by atoms with E-state index < -0.39 is 0 Å². The Morgan fingerprint density at radius 1 is 0.842 bits per heavy atom. The second kappa shape index (κ2) is 6.00. The summed E-state index contributed by atoms with van der Waals surface area (Å²) in [4.78, 5) is 0. The van der Waals surface area contributed by atoms with Gasteiger partial charge in [0.2, 0.25) is 0 Å². The van der Waals surface area contributed by atoms with Gasteiger partial charge in [-0.2, -0.15) is 0 Å². The van der Waals surface area contributed by atoms with Gasteiger partial charge in [-0.25, -0.2) is 0 Å². The van der Waals surface area contributed by atoms with Crippen LogP contribution in [0.2, 0.25) is 0 Å². The second-order valence-electron chi connectivity index (χ2n) is 4.03. The maximum atomic E-state index is 5.93. The number of nitrogens with two attached hydrogens (primary N) is 1. The first kappa shape index (κ1) is 13.1. The smallest absolute Gasteiger partial charge is 0.120 e. The van der Waals surface area contributed by atoms with Crippen LogP contribution in [0, 0.1) is 0 Å². The van der Waals surface area contributed by atoms with Gasteiger partial charge >= 0.3 is 0 Å². The van der Waals surface area contributed by atoms with Crippen molar-refractivity contribution in [3.63, 3.8) is 0 Å². The Balaban J connectivity index is 2.01. The number of hydrogen-bond acceptors (Lipinski definition) is 4. The van der Waals surface area contributed by atoms with E-state index in [1.54, 1.807) is 20.3 Å². The van der Waals surface area contributed by atoms with Crippen molar-refractivity contribution in [2.45, 2.75) is 6.61 Å². The third-order valence-electron chi connectivity index (χ3n) is 2.81. The van der Waals surface area contributed by atoms with Crippen molar-refractivity contribution in [1.29, 1.82) is 0 Å². The molecule has 0 aromatic heterocycles. The molecule has 0 radical (unpaired) electrons. The summed E-state index contributed by atoms with van der Waals surface area (Å²) in [5, 5.41) is 0. The molecule has 4 heteroatoms. The van der Waals surface area contributed by atoms with Crippen LogP contribution in [-0.4, -0.2) is 14.2 Å². The summed E-state index contributed by atoms with van der Waals surface area (Å²) in [6.07, 6.45) is 0. The van der Waals surface area contributed by atoms with E-state index in [1.807, 2.05) is 36.4 Å². The Labute approximate surface area is 112 Å². The largest absolute Gasteiger partial charge is 0.497 e. The molecule has 0 bridgehead atoms. The Morgan fingerprint density at radius 3 is 2.00 bits per heavy atom. The van der Waals surface area contributed by atoms with Gasteiger partial charge in [-0.1, -0.05) is 0 Å². The molecule has 0 saturated carbocycles. The summed E-state index contributed by atoms with van der Waals surface area (Å²) in [7, 11) is 3.25. The Bertz CT molecular complexity index is 538. The molecule has 19 heavy (non-hydrogen) atoms. The van der Waals surface area contributed by atoms with Gasteiger partial charge in [-0.15, -0.1) is 0 Å². The van der Waals surface area contributed by atoms with Crippen LogP contribution in [0.4, 0.5) is 5.69 Å². The number of rotatable bonds is 5. The summed E-state index contributed by atoms with van der Waals surface area (Å²) in [5.74, 6) is 2.32. The molecular formula is C15H17NO3. The lowest BCUT2D eigenvalue weighted by atomic mass is 10.2. The minimum Gasteiger partial charge on any atom is -0.497 e. The van der Waals surface area contributed by atoms with Crippen LogP contribution in [0.3, 0.4) is 0 Å². The third kappa shape index (κ3) is 3.31. The molecular weight excluding hydrogens is 242 g/mol. The number of benzene rings is 2. The average Bonchev–Trinajstić information content (AvgIpc) is 2.46. The van der Waals surface area contributed by atoms with Crippen LogP contribution >= 0.6 is 0 Å². The van der Waals surface area contributed by atoms with Crippen molar-refractivity contribution >= 4 is 5.69 Å². The highest BCUT2D eigenvalue weighted by atomic mass is 16.5. The molecule has 2 N–H and O–H groups in total. The van der Waals surface area contributed by atoms with Gasteiger partial charge in [0, 0.05) is 17.3 Å². The molecule has 4 nitrogen and oxygen atoms in total.